The molecule has 0 saturated carbocycles. The van der Waals surface area contributed by atoms with Crippen molar-refractivity contribution in [3.05, 3.63) is 79.8 Å². The van der Waals surface area contributed by atoms with Crippen LogP contribution in [0.1, 0.15) is 85.9 Å². The molecule has 0 spiro atoms. The van der Waals surface area contributed by atoms with Crippen LogP contribution in [0.4, 0.5) is 0 Å². The van der Waals surface area contributed by atoms with E-state index in [0.29, 0.717) is 70.3 Å². The largest absolute Gasteiger partial charge is 0.489 e. The number of thiophene rings is 1. The Kier molecular flexibility index (Phi) is 19.2. The summed E-state index contributed by atoms with van der Waals surface area (Å²) in [6, 6.07) is 11.7. The number of aryl methyl sites for hydroxylation is 3. The van der Waals surface area contributed by atoms with Gasteiger partial charge < -0.3 is 29.6 Å². The molecular formula is C45H58Cl2N4O7S. The van der Waals surface area contributed by atoms with Crippen molar-refractivity contribution in [2.24, 2.45) is 5.73 Å². The molecule has 4 heterocycles. The van der Waals surface area contributed by atoms with Crippen LogP contribution in [0.2, 0.25) is 10.0 Å². The number of Topliss-reactive ketones (excluding diaryl/α,β-unsaturated/α-hetero) is 1. The van der Waals surface area contributed by atoms with Crippen molar-refractivity contribution < 1.29 is 33.4 Å². The molecule has 11 nitrogen and oxygen atoms in total. The molecule has 4 aromatic rings. The van der Waals surface area contributed by atoms with Gasteiger partial charge in [-0.05, 0) is 99.7 Å². The van der Waals surface area contributed by atoms with Crippen molar-refractivity contribution in [2.75, 3.05) is 46.1 Å². The number of aromatic nitrogens is 1. The maximum atomic E-state index is 12.7. The second-order valence-corrected chi connectivity index (χ2v) is 16.8. The number of rotatable bonds is 15. The Morgan fingerprint density at radius 1 is 0.847 bits per heavy atom. The second-order valence-electron chi connectivity index (χ2n) is 14.8. The lowest BCUT2D eigenvalue weighted by atomic mass is 10.0. The Bertz CT molecular complexity index is 2030. The van der Waals surface area contributed by atoms with Crippen molar-refractivity contribution in [3.63, 3.8) is 0 Å². The molecule has 0 aliphatic carbocycles. The van der Waals surface area contributed by atoms with Crippen LogP contribution in [0.5, 0.6) is 5.75 Å². The standard InChI is InChI=1S/C31H37ClN4O6S.C9H11Cl.C5H10O/c1-20-16-21(32)17-25(24-4-9-34-26-18-23(43-31(24)26)19-36-28(38)2-3-29(36)39)30(20)42-22-5-10-35(11-6-22)27(37)7-12-40-14-15-41-13-8-33;1-6-4-9(10)5-7(2)8(6)3;1-3-4-5(2)6/h4,9,16-18,22H,2-3,5-8,10-15,19,33H2,1H3;4-5H,1-3H3;3-4H2,1-2H3. The molecule has 6 rings (SSSR count). The molecule has 320 valence electrons. The number of carbonyl (C=O) groups is 4. The van der Waals surface area contributed by atoms with Gasteiger partial charge in [-0.2, -0.15) is 0 Å². The third-order valence-electron chi connectivity index (χ3n) is 10.1. The molecule has 2 fully saturated rings. The van der Waals surface area contributed by atoms with Crippen LogP contribution >= 0.6 is 34.5 Å². The first-order valence-electron chi connectivity index (χ1n) is 20.3. The zero-order valence-electron chi connectivity index (χ0n) is 35.2. The molecule has 0 radical (unpaired) electrons. The van der Waals surface area contributed by atoms with Gasteiger partial charge in [0.2, 0.25) is 17.7 Å². The molecule has 2 aliphatic rings. The summed E-state index contributed by atoms with van der Waals surface area (Å²) in [6.45, 7) is 15.6. The fraction of sp³-hybridized carbons (Fsp3) is 0.489. The minimum absolute atomic E-state index is 0.0537. The first kappa shape index (κ1) is 47.8. The van der Waals surface area contributed by atoms with Crippen molar-refractivity contribution in [1.29, 1.82) is 0 Å². The van der Waals surface area contributed by atoms with Crippen molar-refractivity contribution in [3.8, 4) is 16.9 Å². The van der Waals surface area contributed by atoms with Crippen LogP contribution in [0.25, 0.3) is 21.3 Å². The highest BCUT2D eigenvalue weighted by Gasteiger charge is 2.30. The lowest BCUT2D eigenvalue weighted by Gasteiger charge is -2.33. The van der Waals surface area contributed by atoms with E-state index in [-0.39, 0.29) is 49.0 Å². The first-order chi connectivity index (χ1) is 28.2. The molecule has 0 bridgehead atoms. The van der Waals surface area contributed by atoms with Crippen LogP contribution in [0.15, 0.2) is 42.6 Å². The van der Waals surface area contributed by atoms with Crippen LogP contribution in [-0.4, -0.2) is 90.5 Å². The Morgan fingerprint density at radius 3 is 2.05 bits per heavy atom. The minimum atomic E-state index is -0.137. The molecule has 2 N–H and O–H groups in total. The van der Waals surface area contributed by atoms with E-state index in [4.69, 9.17) is 43.1 Å². The zero-order valence-corrected chi connectivity index (χ0v) is 37.5. The molecule has 14 heteroatoms. The van der Waals surface area contributed by atoms with Gasteiger partial charge in [0, 0.05) is 84.0 Å². The Morgan fingerprint density at radius 2 is 1.46 bits per heavy atom. The number of imide groups is 1. The summed E-state index contributed by atoms with van der Waals surface area (Å²) in [5.41, 5.74) is 12.8. The lowest BCUT2D eigenvalue weighted by Crippen LogP contribution is -2.42. The highest BCUT2D eigenvalue weighted by molar-refractivity contribution is 7.19. The predicted molar refractivity (Wildman–Crippen MR) is 236 cm³/mol. The number of nitrogens with two attached hydrogens (primary N) is 1. The lowest BCUT2D eigenvalue weighted by molar-refractivity contribution is -0.139. The van der Waals surface area contributed by atoms with E-state index < -0.39 is 0 Å². The average Bonchev–Trinajstić information content (AvgIpc) is 3.76. The molecule has 2 aliphatic heterocycles. The molecular weight excluding hydrogens is 811 g/mol. The molecule has 3 amide bonds. The Balaban J connectivity index is 0.000000401. The Labute approximate surface area is 362 Å². The number of hydrogen-bond acceptors (Lipinski definition) is 10. The van der Waals surface area contributed by atoms with Gasteiger partial charge in [-0.15, -0.1) is 11.3 Å². The molecule has 2 saturated heterocycles. The molecule has 59 heavy (non-hydrogen) atoms. The van der Waals surface area contributed by atoms with E-state index in [0.717, 1.165) is 55.4 Å². The van der Waals surface area contributed by atoms with Gasteiger partial charge in [0.25, 0.3) is 0 Å². The number of piperidine rings is 1. The first-order valence-corrected chi connectivity index (χ1v) is 21.8. The van der Waals surface area contributed by atoms with E-state index in [1.165, 1.54) is 32.9 Å². The van der Waals surface area contributed by atoms with Crippen molar-refractivity contribution in [1.82, 2.24) is 14.8 Å². The third-order valence-corrected chi connectivity index (χ3v) is 11.7. The number of carbonyl (C=O) groups excluding carboxylic acids is 4. The highest BCUT2D eigenvalue weighted by Crippen LogP contribution is 2.42. The summed E-state index contributed by atoms with van der Waals surface area (Å²) in [4.78, 5) is 55.8. The maximum Gasteiger partial charge on any atom is 0.230 e. The van der Waals surface area contributed by atoms with Crippen LogP contribution < -0.4 is 10.5 Å². The van der Waals surface area contributed by atoms with Crippen LogP contribution in [-0.2, 0) is 35.2 Å². The van der Waals surface area contributed by atoms with Gasteiger partial charge in [-0.3, -0.25) is 24.3 Å². The number of pyridine rings is 1. The molecule has 0 atom stereocenters. The van der Waals surface area contributed by atoms with E-state index in [1.54, 1.807) is 13.1 Å². The fourth-order valence-corrected chi connectivity index (χ4v) is 8.50. The number of amides is 3. The quantitative estimate of drug-likeness (QED) is 0.0916. The summed E-state index contributed by atoms with van der Waals surface area (Å²) < 4.78 is 18.4. The number of ketones is 1. The topological polar surface area (TPSA) is 141 Å². The van der Waals surface area contributed by atoms with Crippen LogP contribution in [0, 0.1) is 27.7 Å². The van der Waals surface area contributed by atoms with Crippen molar-refractivity contribution >= 4 is 68.3 Å². The number of ether oxygens (including phenoxy) is 3. The predicted octanol–water partition coefficient (Wildman–Crippen LogP) is 8.97. The maximum absolute atomic E-state index is 12.7. The number of fused-ring (bicyclic) bond motifs is 1. The third kappa shape index (κ3) is 14.4. The Hall–Kier alpha value is -3.91. The van der Waals surface area contributed by atoms with Gasteiger partial charge in [0.05, 0.1) is 49.6 Å². The summed E-state index contributed by atoms with van der Waals surface area (Å²) in [7, 11) is 0. The SMILES string of the molecule is CCCC(C)=O.Cc1cc(Cl)cc(-c2ccnc3cc(CN4C(=O)CCC4=O)sc23)c1OC1CCN(C(=O)CCOCCOCCN)CC1.Cc1cc(Cl)cc(C)c1C. The highest BCUT2D eigenvalue weighted by atomic mass is 35.5. The van der Waals surface area contributed by atoms with Crippen molar-refractivity contribution in [2.45, 2.75) is 99.1 Å². The summed E-state index contributed by atoms with van der Waals surface area (Å²) in [5.74, 6) is 0.850. The zero-order chi connectivity index (χ0) is 43.1. The van der Waals surface area contributed by atoms with E-state index in [1.807, 2.05) is 55.1 Å². The molecule has 2 aromatic carbocycles. The summed E-state index contributed by atoms with van der Waals surface area (Å²) in [6.07, 6.45) is 5.72. The summed E-state index contributed by atoms with van der Waals surface area (Å²) >= 11 is 13.9. The average molecular weight is 870 g/mol. The van der Waals surface area contributed by atoms with Gasteiger partial charge in [0.1, 0.15) is 17.6 Å². The second kappa shape index (κ2) is 23.8. The summed E-state index contributed by atoms with van der Waals surface area (Å²) in [5, 5.41) is 1.43. The normalized spacial score (nSPS) is 14.3. The van der Waals surface area contributed by atoms with Gasteiger partial charge in [-0.25, -0.2) is 0 Å². The number of likely N-dealkylation sites (tertiary alicyclic amines) is 2. The monoisotopic (exact) mass is 868 g/mol. The number of nitrogens with zero attached hydrogens (tertiary/aromatic N) is 3. The minimum Gasteiger partial charge on any atom is -0.489 e. The van der Waals surface area contributed by atoms with Gasteiger partial charge in [0.15, 0.2) is 0 Å². The van der Waals surface area contributed by atoms with Gasteiger partial charge >= 0.3 is 0 Å². The van der Waals surface area contributed by atoms with E-state index >= 15 is 0 Å². The van der Waals surface area contributed by atoms with E-state index in [2.05, 4.69) is 25.8 Å². The fourth-order valence-electron chi connectivity index (χ4n) is 6.77. The van der Waals surface area contributed by atoms with Gasteiger partial charge in [-0.1, -0.05) is 30.1 Å². The van der Waals surface area contributed by atoms with Crippen LogP contribution in [0.3, 0.4) is 0 Å². The smallest absolute Gasteiger partial charge is 0.230 e. The number of hydrogen-bond donors (Lipinski definition) is 1. The number of halogens is 2. The number of benzene rings is 2. The molecule has 2 aromatic heterocycles. The van der Waals surface area contributed by atoms with E-state index in [9.17, 15) is 19.2 Å². The molecule has 0 unspecified atom stereocenters.